The number of hydrogen-bond donors (Lipinski definition) is 1. The van der Waals surface area contributed by atoms with Gasteiger partial charge in [0.05, 0.1) is 11.7 Å². The molecule has 0 bridgehead atoms. The maximum absolute atomic E-state index is 6.14. The lowest BCUT2D eigenvalue weighted by atomic mass is 10.1. The molecular weight excluding hydrogens is 284 g/mol. The van der Waals surface area contributed by atoms with Crippen LogP contribution in [-0.2, 0) is 5.54 Å². The Morgan fingerprint density at radius 3 is 2.62 bits per heavy atom. The van der Waals surface area contributed by atoms with Crippen LogP contribution < -0.4 is 5.73 Å². The first-order valence-electron chi connectivity index (χ1n) is 6.75. The van der Waals surface area contributed by atoms with Gasteiger partial charge in [-0.3, -0.25) is 4.98 Å². The lowest BCUT2D eigenvalue weighted by Crippen LogP contribution is -2.22. The lowest BCUT2D eigenvalue weighted by molar-refractivity contribution is 0.413. The summed E-state index contributed by atoms with van der Waals surface area (Å²) in [7, 11) is 0. The highest BCUT2D eigenvalue weighted by Gasteiger charge is 2.22. The van der Waals surface area contributed by atoms with Crippen LogP contribution in [0.2, 0.25) is 5.02 Å². The summed E-state index contributed by atoms with van der Waals surface area (Å²) >= 11 is 6.14. The van der Waals surface area contributed by atoms with Crippen molar-refractivity contribution in [2.24, 2.45) is 0 Å². The minimum Gasteiger partial charge on any atom is -0.399 e. The van der Waals surface area contributed by atoms with E-state index in [0.717, 1.165) is 22.4 Å². The molecule has 2 N–H and O–H groups in total. The largest absolute Gasteiger partial charge is 0.399 e. The number of anilines is 1. The molecule has 0 spiro atoms. The van der Waals surface area contributed by atoms with Crippen molar-refractivity contribution in [1.29, 1.82) is 0 Å². The standard InChI is InChI=1S/C16H17ClN4/c1-16(2,3)21-14-4-5-19-9-13(14)20-15(21)10-6-11(17)8-12(18)7-10/h4-9H,18H2,1-3H3. The van der Waals surface area contributed by atoms with Crippen LogP contribution in [0.25, 0.3) is 22.4 Å². The highest BCUT2D eigenvalue weighted by molar-refractivity contribution is 6.31. The number of nitrogens with zero attached hydrogens (tertiary/aromatic N) is 3. The number of hydrogen-bond acceptors (Lipinski definition) is 3. The number of aromatic nitrogens is 3. The Kier molecular flexibility index (Phi) is 3.14. The fourth-order valence-electron chi connectivity index (χ4n) is 2.55. The van der Waals surface area contributed by atoms with Gasteiger partial charge in [0, 0.05) is 28.0 Å². The summed E-state index contributed by atoms with van der Waals surface area (Å²) in [6.45, 7) is 6.43. The van der Waals surface area contributed by atoms with E-state index in [1.807, 2.05) is 18.2 Å². The fraction of sp³-hybridized carbons (Fsp3) is 0.250. The zero-order valence-electron chi connectivity index (χ0n) is 12.3. The smallest absolute Gasteiger partial charge is 0.141 e. The first-order valence-corrected chi connectivity index (χ1v) is 7.13. The third-order valence-corrected chi connectivity index (χ3v) is 3.52. The van der Waals surface area contributed by atoms with E-state index in [1.54, 1.807) is 18.5 Å². The maximum atomic E-state index is 6.14. The van der Waals surface area contributed by atoms with Crippen molar-refractivity contribution in [2.75, 3.05) is 5.73 Å². The molecule has 5 heteroatoms. The normalized spacial score (nSPS) is 12.0. The van der Waals surface area contributed by atoms with E-state index in [1.165, 1.54) is 0 Å². The molecule has 3 rings (SSSR count). The third-order valence-electron chi connectivity index (χ3n) is 3.31. The van der Waals surface area contributed by atoms with Gasteiger partial charge in [-0.1, -0.05) is 11.6 Å². The fourth-order valence-corrected chi connectivity index (χ4v) is 2.79. The zero-order chi connectivity index (χ0) is 15.2. The molecule has 0 unspecified atom stereocenters. The van der Waals surface area contributed by atoms with Gasteiger partial charge < -0.3 is 10.3 Å². The van der Waals surface area contributed by atoms with Crippen molar-refractivity contribution in [3.63, 3.8) is 0 Å². The number of pyridine rings is 1. The Balaban J connectivity index is 2.36. The predicted octanol–water partition coefficient (Wildman–Crippen LogP) is 4.09. The Morgan fingerprint density at radius 2 is 1.95 bits per heavy atom. The van der Waals surface area contributed by atoms with Crippen molar-refractivity contribution >= 4 is 28.3 Å². The topological polar surface area (TPSA) is 56.7 Å². The predicted molar refractivity (Wildman–Crippen MR) is 87.4 cm³/mol. The lowest BCUT2D eigenvalue weighted by Gasteiger charge is -2.24. The minimum absolute atomic E-state index is 0.123. The van der Waals surface area contributed by atoms with Crippen molar-refractivity contribution in [1.82, 2.24) is 14.5 Å². The van der Waals surface area contributed by atoms with Crippen LogP contribution in [0.1, 0.15) is 20.8 Å². The van der Waals surface area contributed by atoms with Gasteiger partial charge in [0.1, 0.15) is 11.3 Å². The third kappa shape index (κ3) is 2.47. The zero-order valence-corrected chi connectivity index (χ0v) is 13.0. The van der Waals surface area contributed by atoms with Gasteiger partial charge in [0.25, 0.3) is 0 Å². The average molecular weight is 301 g/mol. The molecule has 0 fully saturated rings. The average Bonchev–Trinajstić information content (AvgIpc) is 2.76. The van der Waals surface area contributed by atoms with Crippen LogP contribution in [0.5, 0.6) is 0 Å². The minimum atomic E-state index is -0.123. The van der Waals surface area contributed by atoms with Crippen molar-refractivity contribution in [2.45, 2.75) is 26.3 Å². The molecule has 0 atom stereocenters. The van der Waals surface area contributed by atoms with Gasteiger partial charge in [-0.15, -0.1) is 0 Å². The second kappa shape index (κ2) is 4.74. The molecule has 3 aromatic rings. The summed E-state index contributed by atoms with van der Waals surface area (Å²) in [5, 5.41) is 0.607. The molecule has 0 aliphatic carbocycles. The second-order valence-corrected chi connectivity index (χ2v) is 6.52. The number of imidazole rings is 1. The number of rotatable bonds is 1. The van der Waals surface area contributed by atoms with E-state index < -0.39 is 0 Å². The molecular formula is C16H17ClN4. The number of nitrogens with two attached hydrogens (primary N) is 1. The van der Waals surface area contributed by atoms with Crippen LogP contribution in [0, 0.1) is 0 Å². The molecule has 0 amide bonds. The molecule has 0 aliphatic heterocycles. The SMILES string of the molecule is CC(C)(C)n1c(-c2cc(N)cc(Cl)c2)nc2cnccc21. The molecule has 21 heavy (non-hydrogen) atoms. The summed E-state index contributed by atoms with van der Waals surface area (Å²) in [5.41, 5.74) is 9.24. The van der Waals surface area contributed by atoms with E-state index in [2.05, 4.69) is 30.3 Å². The molecule has 0 saturated heterocycles. The van der Waals surface area contributed by atoms with E-state index in [0.29, 0.717) is 10.7 Å². The van der Waals surface area contributed by atoms with Gasteiger partial charge >= 0.3 is 0 Å². The number of nitrogen functional groups attached to an aromatic ring is 1. The summed E-state index contributed by atoms with van der Waals surface area (Å²) in [6.07, 6.45) is 3.55. The molecule has 1 aromatic carbocycles. The molecule has 4 nitrogen and oxygen atoms in total. The Morgan fingerprint density at radius 1 is 1.19 bits per heavy atom. The van der Waals surface area contributed by atoms with Crippen LogP contribution in [-0.4, -0.2) is 14.5 Å². The summed E-state index contributed by atoms with van der Waals surface area (Å²) in [4.78, 5) is 8.87. The Hall–Kier alpha value is -2.07. The molecule has 0 saturated carbocycles. The number of benzene rings is 1. The highest BCUT2D eigenvalue weighted by Crippen LogP contribution is 2.32. The van der Waals surface area contributed by atoms with Crippen molar-refractivity contribution in [3.8, 4) is 11.4 Å². The van der Waals surface area contributed by atoms with Gasteiger partial charge in [-0.2, -0.15) is 0 Å². The van der Waals surface area contributed by atoms with Crippen LogP contribution in [0.15, 0.2) is 36.7 Å². The van der Waals surface area contributed by atoms with Gasteiger partial charge in [0.2, 0.25) is 0 Å². The van der Waals surface area contributed by atoms with Crippen LogP contribution in [0.3, 0.4) is 0 Å². The maximum Gasteiger partial charge on any atom is 0.141 e. The summed E-state index contributed by atoms with van der Waals surface area (Å²) in [6, 6.07) is 7.49. The van der Waals surface area contributed by atoms with Gasteiger partial charge in [-0.05, 0) is 45.0 Å². The molecule has 0 aliphatic rings. The Bertz CT molecular complexity index is 794. The van der Waals surface area contributed by atoms with E-state index in [9.17, 15) is 0 Å². The van der Waals surface area contributed by atoms with Gasteiger partial charge in [0.15, 0.2) is 0 Å². The molecule has 2 heterocycles. The monoisotopic (exact) mass is 300 g/mol. The summed E-state index contributed by atoms with van der Waals surface area (Å²) < 4.78 is 2.19. The van der Waals surface area contributed by atoms with E-state index in [4.69, 9.17) is 22.3 Å². The van der Waals surface area contributed by atoms with Crippen LogP contribution >= 0.6 is 11.6 Å². The first-order chi connectivity index (χ1) is 9.86. The molecule has 2 aromatic heterocycles. The van der Waals surface area contributed by atoms with Crippen molar-refractivity contribution < 1.29 is 0 Å². The Labute approximate surface area is 128 Å². The molecule has 108 valence electrons. The van der Waals surface area contributed by atoms with E-state index >= 15 is 0 Å². The van der Waals surface area contributed by atoms with Crippen LogP contribution in [0.4, 0.5) is 5.69 Å². The number of fused-ring (bicyclic) bond motifs is 1. The van der Waals surface area contributed by atoms with Gasteiger partial charge in [-0.25, -0.2) is 4.98 Å². The highest BCUT2D eigenvalue weighted by atomic mass is 35.5. The second-order valence-electron chi connectivity index (χ2n) is 6.08. The molecule has 0 radical (unpaired) electrons. The first kappa shape index (κ1) is 13.9. The quantitative estimate of drug-likeness (QED) is 0.689. The van der Waals surface area contributed by atoms with Crippen molar-refractivity contribution in [3.05, 3.63) is 41.7 Å². The van der Waals surface area contributed by atoms with E-state index in [-0.39, 0.29) is 5.54 Å². The summed E-state index contributed by atoms with van der Waals surface area (Å²) in [5.74, 6) is 0.847. The number of halogens is 1.